The SMILES string of the molecule is CCCC(CC)NC(=O)C(CC)C(N)=S. The first kappa shape index (κ1) is 14.4. The molecule has 0 aliphatic heterocycles. The summed E-state index contributed by atoms with van der Waals surface area (Å²) in [5.41, 5.74) is 5.51. The zero-order chi connectivity index (χ0) is 11.8. The van der Waals surface area contributed by atoms with Gasteiger partial charge in [-0.25, -0.2) is 0 Å². The Morgan fingerprint density at radius 3 is 2.27 bits per heavy atom. The first-order valence-electron chi connectivity index (χ1n) is 5.66. The van der Waals surface area contributed by atoms with Gasteiger partial charge in [-0.1, -0.05) is 39.4 Å². The van der Waals surface area contributed by atoms with Gasteiger partial charge in [0, 0.05) is 6.04 Å². The van der Waals surface area contributed by atoms with Crippen molar-refractivity contribution in [3.05, 3.63) is 0 Å². The molecule has 0 aromatic rings. The summed E-state index contributed by atoms with van der Waals surface area (Å²) >= 11 is 4.86. The lowest BCUT2D eigenvalue weighted by Crippen LogP contribution is -2.42. The zero-order valence-corrected chi connectivity index (χ0v) is 10.7. The predicted molar refractivity (Wildman–Crippen MR) is 67.7 cm³/mol. The van der Waals surface area contributed by atoms with Crippen LogP contribution in [-0.4, -0.2) is 16.9 Å². The maximum atomic E-state index is 11.8. The lowest BCUT2D eigenvalue weighted by atomic mass is 10.0. The minimum atomic E-state index is -0.314. The lowest BCUT2D eigenvalue weighted by molar-refractivity contribution is -0.123. The van der Waals surface area contributed by atoms with Gasteiger partial charge in [-0.05, 0) is 19.3 Å². The molecule has 1 amide bonds. The average Bonchev–Trinajstić information content (AvgIpc) is 2.17. The van der Waals surface area contributed by atoms with Crippen LogP contribution in [0.5, 0.6) is 0 Å². The standard InChI is InChI=1S/C11H22N2OS/c1-4-7-8(5-2)13-11(14)9(6-3)10(12)15/h8-9H,4-7H2,1-3H3,(H2,12,15)(H,13,14). The number of nitrogens with one attached hydrogen (secondary N) is 1. The summed E-state index contributed by atoms with van der Waals surface area (Å²) in [5, 5.41) is 2.99. The van der Waals surface area contributed by atoms with E-state index in [4.69, 9.17) is 18.0 Å². The largest absolute Gasteiger partial charge is 0.393 e. The van der Waals surface area contributed by atoms with Gasteiger partial charge in [-0.15, -0.1) is 0 Å². The number of thiocarbonyl (C=S) groups is 1. The highest BCUT2D eigenvalue weighted by molar-refractivity contribution is 7.80. The quantitative estimate of drug-likeness (QED) is 0.658. The van der Waals surface area contributed by atoms with Gasteiger partial charge >= 0.3 is 0 Å². The van der Waals surface area contributed by atoms with E-state index in [1.54, 1.807) is 0 Å². The Hall–Kier alpha value is -0.640. The average molecular weight is 230 g/mol. The van der Waals surface area contributed by atoms with E-state index in [1.165, 1.54) is 0 Å². The fraction of sp³-hybridized carbons (Fsp3) is 0.818. The molecule has 3 N–H and O–H groups in total. The number of carbonyl (C=O) groups is 1. The van der Waals surface area contributed by atoms with Crippen molar-refractivity contribution in [3.63, 3.8) is 0 Å². The maximum absolute atomic E-state index is 11.8. The molecule has 2 atom stereocenters. The number of nitrogens with two attached hydrogens (primary N) is 1. The fourth-order valence-electron chi connectivity index (χ4n) is 1.54. The molecule has 2 unspecified atom stereocenters. The molecule has 0 rings (SSSR count). The molecule has 0 fully saturated rings. The Balaban J connectivity index is 4.24. The highest BCUT2D eigenvalue weighted by atomic mass is 32.1. The number of hydrogen-bond donors (Lipinski definition) is 2. The monoisotopic (exact) mass is 230 g/mol. The molecule has 0 saturated heterocycles. The molecular weight excluding hydrogens is 208 g/mol. The van der Waals surface area contributed by atoms with Crippen LogP contribution in [0.2, 0.25) is 0 Å². The summed E-state index contributed by atoms with van der Waals surface area (Å²) < 4.78 is 0. The van der Waals surface area contributed by atoms with Crippen molar-refractivity contribution in [2.45, 2.75) is 52.5 Å². The molecule has 0 aromatic carbocycles. The predicted octanol–water partition coefficient (Wildman–Crippen LogP) is 1.99. The Bertz CT molecular complexity index is 219. The number of rotatable bonds is 7. The third kappa shape index (κ3) is 5.11. The smallest absolute Gasteiger partial charge is 0.230 e. The second-order valence-electron chi connectivity index (χ2n) is 3.77. The van der Waals surface area contributed by atoms with Crippen LogP contribution in [0, 0.1) is 5.92 Å². The van der Waals surface area contributed by atoms with Crippen molar-refractivity contribution in [1.82, 2.24) is 5.32 Å². The third-order valence-corrected chi connectivity index (χ3v) is 2.83. The zero-order valence-electron chi connectivity index (χ0n) is 9.88. The van der Waals surface area contributed by atoms with Crippen LogP contribution in [0.1, 0.15) is 46.5 Å². The summed E-state index contributed by atoms with van der Waals surface area (Å²) in [7, 11) is 0. The summed E-state index contributed by atoms with van der Waals surface area (Å²) in [4.78, 5) is 12.1. The molecule has 88 valence electrons. The lowest BCUT2D eigenvalue weighted by Gasteiger charge is -2.20. The molecule has 15 heavy (non-hydrogen) atoms. The van der Waals surface area contributed by atoms with Crippen molar-refractivity contribution < 1.29 is 4.79 Å². The van der Waals surface area contributed by atoms with E-state index in [2.05, 4.69) is 19.2 Å². The summed E-state index contributed by atoms with van der Waals surface area (Å²) in [6.45, 7) is 6.10. The highest BCUT2D eigenvalue weighted by Crippen LogP contribution is 2.07. The van der Waals surface area contributed by atoms with E-state index in [9.17, 15) is 4.79 Å². The van der Waals surface area contributed by atoms with E-state index < -0.39 is 0 Å². The molecule has 0 spiro atoms. The van der Waals surface area contributed by atoms with Gasteiger partial charge < -0.3 is 11.1 Å². The van der Waals surface area contributed by atoms with Gasteiger partial charge in [-0.2, -0.15) is 0 Å². The molecule has 3 nitrogen and oxygen atoms in total. The summed E-state index contributed by atoms with van der Waals surface area (Å²) in [6, 6.07) is 0.255. The Morgan fingerprint density at radius 1 is 1.33 bits per heavy atom. The van der Waals surface area contributed by atoms with E-state index in [1.807, 2.05) is 6.92 Å². The number of carbonyl (C=O) groups excluding carboxylic acids is 1. The summed E-state index contributed by atoms with van der Waals surface area (Å²) in [6.07, 6.45) is 3.70. The van der Waals surface area contributed by atoms with Crippen LogP contribution in [0.4, 0.5) is 0 Å². The molecule has 0 saturated carbocycles. The van der Waals surface area contributed by atoms with Crippen molar-refractivity contribution in [1.29, 1.82) is 0 Å². The van der Waals surface area contributed by atoms with Gasteiger partial charge in [0.2, 0.25) is 5.91 Å². The molecule has 0 radical (unpaired) electrons. The topological polar surface area (TPSA) is 55.1 Å². The summed E-state index contributed by atoms with van der Waals surface area (Å²) in [5.74, 6) is -0.337. The number of hydrogen-bond acceptors (Lipinski definition) is 2. The van der Waals surface area contributed by atoms with Gasteiger partial charge in [0.05, 0.1) is 10.9 Å². The molecule has 0 aliphatic carbocycles. The van der Waals surface area contributed by atoms with Crippen molar-refractivity contribution in [2.24, 2.45) is 11.7 Å². The van der Waals surface area contributed by atoms with Crippen molar-refractivity contribution >= 4 is 23.1 Å². The van der Waals surface area contributed by atoms with E-state index in [0.29, 0.717) is 11.4 Å². The highest BCUT2D eigenvalue weighted by Gasteiger charge is 2.20. The van der Waals surface area contributed by atoms with Crippen LogP contribution in [0.25, 0.3) is 0 Å². The second kappa shape index (κ2) is 7.63. The van der Waals surface area contributed by atoms with E-state index in [0.717, 1.165) is 19.3 Å². The molecule has 0 aliphatic rings. The van der Waals surface area contributed by atoms with Crippen LogP contribution in [-0.2, 0) is 4.79 Å². The van der Waals surface area contributed by atoms with Crippen LogP contribution < -0.4 is 11.1 Å². The maximum Gasteiger partial charge on any atom is 0.230 e. The third-order valence-electron chi connectivity index (χ3n) is 2.54. The molecule has 0 heterocycles. The van der Waals surface area contributed by atoms with Gasteiger partial charge in [0.1, 0.15) is 0 Å². The van der Waals surface area contributed by atoms with Crippen LogP contribution in [0.15, 0.2) is 0 Å². The van der Waals surface area contributed by atoms with E-state index >= 15 is 0 Å². The Morgan fingerprint density at radius 2 is 1.93 bits per heavy atom. The van der Waals surface area contributed by atoms with Crippen LogP contribution in [0.3, 0.4) is 0 Å². The van der Waals surface area contributed by atoms with Crippen molar-refractivity contribution in [2.75, 3.05) is 0 Å². The van der Waals surface area contributed by atoms with E-state index in [-0.39, 0.29) is 17.9 Å². The minimum Gasteiger partial charge on any atom is -0.393 e. The van der Waals surface area contributed by atoms with Gasteiger partial charge in [0.15, 0.2) is 0 Å². The van der Waals surface area contributed by atoms with Gasteiger partial charge in [-0.3, -0.25) is 4.79 Å². The molecule has 4 heteroatoms. The van der Waals surface area contributed by atoms with Crippen LogP contribution >= 0.6 is 12.2 Å². The first-order valence-corrected chi connectivity index (χ1v) is 6.07. The molecule has 0 aromatic heterocycles. The molecular formula is C11H22N2OS. The Kier molecular flexibility index (Phi) is 7.30. The fourth-order valence-corrected chi connectivity index (χ4v) is 1.82. The van der Waals surface area contributed by atoms with Gasteiger partial charge in [0.25, 0.3) is 0 Å². The second-order valence-corrected chi connectivity index (χ2v) is 4.24. The normalized spacial score (nSPS) is 14.3. The first-order chi connectivity index (χ1) is 7.06. The minimum absolute atomic E-state index is 0.0229. The number of amides is 1. The Labute approximate surface area is 97.8 Å². The van der Waals surface area contributed by atoms with Crippen molar-refractivity contribution in [3.8, 4) is 0 Å². The molecule has 0 bridgehead atoms.